The molecule has 19 heavy (non-hydrogen) atoms. The third kappa shape index (κ3) is 4.38. The van der Waals surface area contributed by atoms with E-state index in [0.717, 1.165) is 18.7 Å². The predicted molar refractivity (Wildman–Crippen MR) is 83.2 cm³/mol. The number of rotatable bonds is 4. The molecule has 1 aromatic carbocycles. The van der Waals surface area contributed by atoms with E-state index in [-0.39, 0.29) is 0 Å². The van der Waals surface area contributed by atoms with Crippen LogP contribution in [0.3, 0.4) is 0 Å². The van der Waals surface area contributed by atoms with Gasteiger partial charge in [0.2, 0.25) is 0 Å². The van der Waals surface area contributed by atoms with Crippen LogP contribution in [-0.2, 0) is 6.42 Å². The number of amidine groups is 1. The second-order valence-electron chi connectivity index (χ2n) is 5.53. The standard InChI is InChI=1S/C17H26N2/c1-3-4-8-15-10-12-16(13-11-15)18-17-9-6-5-7-14-19(17)2/h10-13H,3-9,14H2,1-2H3/b18-17+. The third-order valence-corrected chi connectivity index (χ3v) is 3.85. The molecule has 0 bridgehead atoms. The molecular weight excluding hydrogens is 232 g/mol. The van der Waals surface area contributed by atoms with Crippen molar-refractivity contribution < 1.29 is 0 Å². The van der Waals surface area contributed by atoms with Crippen LogP contribution in [0.1, 0.15) is 51.0 Å². The van der Waals surface area contributed by atoms with Gasteiger partial charge in [0.05, 0.1) is 5.69 Å². The Labute approximate surface area is 117 Å². The van der Waals surface area contributed by atoms with E-state index in [1.807, 2.05) is 0 Å². The van der Waals surface area contributed by atoms with Crippen LogP contribution in [0.2, 0.25) is 0 Å². The van der Waals surface area contributed by atoms with Crippen molar-refractivity contribution in [1.29, 1.82) is 0 Å². The van der Waals surface area contributed by atoms with E-state index in [9.17, 15) is 0 Å². The van der Waals surface area contributed by atoms with Crippen molar-refractivity contribution >= 4 is 11.5 Å². The summed E-state index contributed by atoms with van der Waals surface area (Å²) in [6, 6.07) is 8.78. The zero-order valence-electron chi connectivity index (χ0n) is 12.4. The molecule has 104 valence electrons. The molecule has 1 aliphatic rings. The van der Waals surface area contributed by atoms with Crippen molar-refractivity contribution in [1.82, 2.24) is 4.90 Å². The highest BCUT2D eigenvalue weighted by Gasteiger charge is 2.10. The number of likely N-dealkylation sites (tertiary alicyclic amines) is 1. The molecule has 1 saturated heterocycles. The topological polar surface area (TPSA) is 15.6 Å². The number of nitrogens with zero attached hydrogens (tertiary/aromatic N) is 2. The minimum Gasteiger partial charge on any atom is -0.363 e. The molecule has 0 aromatic heterocycles. The summed E-state index contributed by atoms with van der Waals surface area (Å²) in [5, 5.41) is 0. The van der Waals surface area contributed by atoms with Gasteiger partial charge in [0.1, 0.15) is 5.84 Å². The minimum absolute atomic E-state index is 1.10. The van der Waals surface area contributed by atoms with Crippen molar-refractivity contribution in [3.8, 4) is 0 Å². The van der Waals surface area contributed by atoms with Crippen molar-refractivity contribution in [3.63, 3.8) is 0 Å². The molecule has 0 radical (unpaired) electrons. The summed E-state index contributed by atoms with van der Waals surface area (Å²) in [5.74, 6) is 1.25. The van der Waals surface area contributed by atoms with Gasteiger partial charge in [-0.15, -0.1) is 0 Å². The molecule has 0 unspecified atom stereocenters. The van der Waals surface area contributed by atoms with Gasteiger partial charge in [-0.2, -0.15) is 0 Å². The summed E-state index contributed by atoms with van der Waals surface area (Å²) in [7, 11) is 2.17. The first kappa shape index (κ1) is 14.1. The Kier molecular flexibility index (Phi) is 5.44. The monoisotopic (exact) mass is 258 g/mol. The van der Waals surface area contributed by atoms with E-state index >= 15 is 0 Å². The molecule has 2 nitrogen and oxygen atoms in total. The van der Waals surface area contributed by atoms with E-state index < -0.39 is 0 Å². The third-order valence-electron chi connectivity index (χ3n) is 3.85. The van der Waals surface area contributed by atoms with Gasteiger partial charge in [-0.25, -0.2) is 4.99 Å². The molecular formula is C17H26N2. The van der Waals surface area contributed by atoms with Gasteiger partial charge < -0.3 is 4.90 Å². The van der Waals surface area contributed by atoms with Crippen LogP contribution < -0.4 is 0 Å². The van der Waals surface area contributed by atoms with Crippen LogP contribution in [0.15, 0.2) is 29.3 Å². The molecule has 1 aromatic rings. The summed E-state index contributed by atoms with van der Waals surface area (Å²) in [6.07, 6.45) is 8.75. The molecule has 0 atom stereocenters. The Morgan fingerprint density at radius 3 is 2.63 bits per heavy atom. The first-order valence-corrected chi connectivity index (χ1v) is 7.67. The molecule has 0 spiro atoms. The van der Waals surface area contributed by atoms with E-state index in [0.29, 0.717) is 0 Å². The maximum atomic E-state index is 4.82. The van der Waals surface area contributed by atoms with E-state index in [1.165, 1.54) is 49.9 Å². The van der Waals surface area contributed by atoms with Crippen molar-refractivity contribution in [2.24, 2.45) is 4.99 Å². The minimum atomic E-state index is 1.10. The Hall–Kier alpha value is -1.31. The first-order valence-electron chi connectivity index (χ1n) is 7.67. The molecule has 2 heteroatoms. The second-order valence-corrected chi connectivity index (χ2v) is 5.53. The molecule has 0 amide bonds. The zero-order chi connectivity index (χ0) is 13.5. The Balaban J connectivity index is 2.04. The summed E-state index contributed by atoms with van der Waals surface area (Å²) >= 11 is 0. The summed E-state index contributed by atoms with van der Waals surface area (Å²) in [5.41, 5.74) is 2.53. The lowest BCUT2D eigenvalue weighted by Gasteiger charge is -2.18. The first-order chi connectivity index (χ1) is 9.29. The van der Waals surface area contributed by atoms with Crippen molar-refractivity contribution in [2.45, 2.75) is 51.9 Å². The summed E-state index contributed by atoms with van der Waals surface area (Å²) in [6.45, 7) is 3.38. The maximum absolute atomic E-state index is 4.82. The highest BCUT2D eigenvalue weighted by Crippen LogP contribution is 2.18. The molecule has 0 aliphatic carbocycles. The van der Waals surface area contributed by atoms with Crippen LogP contribution in [0.25, 0.3) is 0 Å². The molecule has 0 N–H and O–H groups in total. The van der Waals surface area contributed by atoms with E-state index in [2.05, 4.69) is 43.1 Å². The molecule has 2 rings (SSSR count). The van der Waals surface area contributed by atoms with Crippen LogP contribution in [-0.4, -0.2) is 24.3 Å². The summed E-state index contributed by atoms with van der Waals surface area (Å²) in [4.78, 5) is 7.14. The number of aliphatic imine (C=N–C) groups is 1. The van der Waals surface area contributed by atoms with Gasteiger partial charge in [0, 0.05) is 20.0 Å². The van der Waals surface area contributed by atoms with Crippen molar-refractivity contribution in [2.75, 3.05) is 13.6 Å². The highest BCUT2D eigenvalue weighted by molar-refractivity contribution is 5.84. The van der Waals surface area contributed by atoms with Crippen LogP contribution >= 0.6 is 0 Å². The van der Waals surface area contributed by atoms with Gasteiger partial charge in [-0.1, -0.05) is 31.9 Å². The number of unbranched alkanes of at least 4 members (excludes halogenated alkanes) is 1. The van der Waals surface area contributed by atoms with E-state index in [4.69, 9.17) is 4.99 Å². The molecule has 0 saturated carbocycles. The van der Waals surface area contributed by atoms with Crippen LogP contribution in [0.5, 0.6) is 0 Å². The molecule has 1 heterocycles. The average Bonchev–Trinajstić information content (AvgIpc) is 2.63. The Bertz CT molecular complexity index is 406. The number of aryl methyl sites for hydroxylation is 1. The zero-order valence-corrected chi connectivity index (χ0v) is 12.4. The molecule has 1 aliphatic heterocycles. The second kappa shape index (κ2) is 7.32. The van der Waals surface area contributed by atoms with Gasteiger partial charge in [-0.05, 0) is 43.4 Å². The van der Waals surface area contributed by atoms with E-state index in [1.54, 1.807) is 0 Å². The number of hydrogen-bond donors (Lipinski definition) is 0. The highest BCUT2D eigenvalue weighted by atomic mass is 15.2. The lowest BCUT2D eigenvalue weighted by Crippen LogP contribution is -2.25. The van der Waals surface area contributed by atoms with Crippen molar-refractivity contribution in [3.05, 3.63) is 29.8 Å². The fourth-order valence-corrected chi connectivity index (χ4v) is 2.54. The van der Waals surface area contributed by atoms with Gasteiger partial charge >= 0.3 is 0 Å². The Morgan fingerprint density at radius 1 is 1.11 bits per heavy atom. The largest absolute Gasteiger partial charge is 0.363 e. The number of hydrogen-bond acceptors (Lipinski definition) is 1. The quantitative estimate of drug-likeness (QED) is 0.772. The van der Waals surface area contributed by atoms with Gasteiger partial charge in [-0.3, -0.25) is 0 Å². The normalized spacial score (nSPS) is 18.6. The fourth-order valence-electron chi connectivity index (χ4n) is 2.54. The lowest BCUT2D eigenvalue weighted by molar-refractivity contribution is 0.494. The summed E-state index contributed by atoms with van der Waals surface area (Å²) < 4.78 is 0. The number of benzene rings is 1. The maximum Gasteiger partial charge on any atom is 0.105 e. The predicted octanol–water partition coefficient (Wildman–Crippen LogP) is 4.57. The Morgan fingerprint density at radius 2 is 1.89 bits per heavy atom. The average molecular weight is 258 g/mol. The van der Waals surface area contributed by atoms with Gasteiger partial charge in [0.25, 0.3) is 0 Å². The SMILES string of the molecule is CCCCc1ccc(/N=C2\CCCCCN2C)cc1. The van der Waals surface area contributed by atoms with Gasteiger partial charge in [0.15, 0.2) is 0 Å². The van der Waals surface area contributed by atoms with Crippen LogP contribution in [0, 0.1) is 0 Å². The smallest absolute Gasteiger partial charge is 0.105 e. The molecule has 1 fully saturated rings. The van der Waals surface area contributed by atoms with Crippen LogP contribution in [0.4, 0.5) is 5.69 Å². The lowest BCUT2D eigenvalue weighted by atomic mass is 10.1. The fraction of sp³-hybridized carbons (Fsp3) is 0.588.